The number of aromatic nitrogens is 1. The van der Waals surface area contributed by atoms with E-state index in [-0.39, 0.29) is 5.41 Å². The minimum Gasteiger partial charge on any atom is -0.440 e. The highest BCUT2D eigenvalue weighted by Gasteiger charge is 2.36. The second-order valence-electron chi connectivity index (χ2n) is 5.37. The summed E-state index contributed by atoms with van der Waals surface area (Å²) in [6.07, 6.45) is 3.34. The molecule has 1 aromatic carbocycles. The van der Waals surface area contributed by atoms with Crippen molar-refractivity contribution in [1.29, 1.82) is 0 Å². The first-order valence-electron chi connectivity index (χ1n) is 6.82. The molecule has 0 spiro atoms. The van der Waals surface area contributed by atoms with Crippen LogP contribution in [0.5, 0.6) is 0 Å². The summed E-state index contributed by atoms with van der Waals surface area (Å²) in [6, 6.07) is 6.22. The molecule has 0 bridgehead atoms. The van der Waals surface area contributed by atoms with Crippen LogP contribution in [0, 0.1) is 6.92 Å². The standard InChI is InChI=1S/C15H20N2O/c1-3-15(6-8-16-9-7-15)14-17-12-10-11(2)4-5-13(12)18-14/h4-5,10,16H,3,6-9H2,1-2H3. The van der Waals surface area contributed by atoms with Gasteiger partial charge in [-0.05, 0) is 57.0 Å². The van der Waals surface area contributed by atoms with E-state index in [1.54, 1.807) is 0 Å². The van der Waals surface area contributed by atoms with Gasteiger partial charge >= 0.3 is 0 Å². The molecule has 0 saturated carbocycles. The number of rotatable bonds is 2. The van der Waals surface area contributed by atoms with E-state index in [9.17, 15) is 0 Å². The first kappa shape index (κ1) is 11.7. The monoisotopic (exact) mass is 244 g/mol. The maximum atomic E-state index is 6.02. The van der Waals surface area contributed by atoms with Gasteiger partial charge in [0.25, 0.3) is 0 Å². The van der Waals surface area contributed by atoms with Crippen molar-refractivity contribution in [3.05, 3.63) is 29.7 Å². The highest BCUT2D eigenvalue weighted by Crippen LogP contribution is 2.37. The lowest BCUT2D eigenvalue weighted by Crippen LogP contribution is -2.39. The highest BCUT2D eigenvalue weighted by molar-refractivity contribution is 5.73. The van der Waals surface area contributed by atoms with Gasteiger partial charge in [0.1, 0.15) is 5.52 Å². The number of oxazole rings is 1. The number of aryl methyl sites for hydroxylation is 1. The Balaban J connectivity index is 2.06. The van der Waals surface area contributed by atoms with Gasteiger partial charge in [0, 0.05) is 5.41 Å². The minimum absolute atomic E-state index is 0.137. The van der Waals surface area contributed by atoms with Crippen LogP contribution in [-0.2, 0) is 5.41 Å². The summed E-state index contributed by atoms with van der Waals surface area (Å²) in [4.78, 5) is 4.75. The molecule has 1 N–H and O–H groups in total. The topological polar surface area (TPSA) is 38.1 Å². The number of nitrogens with zero attached hydrogens (tertiary/aromatic N) is 1. The van der Waals surface area contributed by atoms with E-state index in [0.29, 0.717) is 0 Å². The second kappa shape index (κ2) is 4.39. The van der Waals surface area contributed by atoms with Crippen molar-refractivity contribution >= 4 is 11.1 Å². The average molecular weight is 244 g/mol. The molecular formula is C15H20N2O. The number of fused-ring (bicyclic) bond motifs is 1. The van der Waals surface area contributed by atoms with E-state index in [1.165, 1.54) is 5.56 Å². The number of hydrogen-bond donors (Lipinski definition) is 1. The zero-order chi connectivity index (χ0) is 12.6. The first-order chi connectivity index (χ1) is 8.73. The third-order valence-electron chi connectivity index (χ3n) is 4.23. The van der Waals surface area contributed by atoms with E-state index >= 15 is 0 Å². The molecule has 0 aliphatic carbocycles. The number of hydrogen-bond acceptors (Lipinski definition) is 3. The van der Waals surface area contributed by atoms with Gasteiger partial charge in [0.15, 0.2) is 5.58 Å². The lowest BCUT2D eigenvalue weighted by molar-refractivity contribution is 0.243. The Hall–Kier alpha value is -1.35. The van der Waals surface area contributed by atoms with Crippen LogP contribution in [0.25, 0.3) is 11.1 Å². The van der Waals surface area contributed by atoms with Crippen molar-refractivity contribution < 1.29 is 4.42 Å². The fourth-order valence-electron chi connectivity index (χ4n) is 2.89. The Morgan fingerprint density at radius 2 is 2.11 bits per heavy atom. The molecule has 0 radical (unpaired) electrons. The maximum absolute atomic E-state index is 6.02. The molecular weight excluding hydrogens is 224 g/mol. The van der Waals surface area contributed by atoms with E-state index in [2.05, 4.69) is 31.3 Å². The van der Waals surface area contributed by atoms with Crippen molar-refractivity contribution in [2.24, 2.45) is 0 Å². The molecule has 3 rings (SSSR count). The van der Waals surface area contributed by atoms with Crippen LogP contribution in [0.4, 0.5) is 0 Å². The summed E-state index contributed by atoms with van der Waals surface area (Å²) in [6.45, 7) is 6.45. The minimum atomic E-state index is 0.137. The predicted octanol–water partition coefficient (Wildman–Crippen LogP) is 3.17. The van der Waals surface area contributed by atoms with Crippen LogP contribution >= 0.6 is 0 Å². The van der Waals surface area contributed by atoms with Crippen LogP contribution in [0.1, 0.15) is 37.6 Å². The lowest BCUT2D eigenvalue weighted by atomic mass is 9.76. The fourth-order valence-corrected chi connectivity index (χ4v) is 2.89. The molecule has 2 aromatic rings. The maximum Gasteiger partial charge on any atom is 0.201 e. The van der Waals surface area contributed by atoms with Gasteiger partial charge in [-0.1, -0.05) is 13.0 Å². The first-order valence-corrected chi connectivity index (χ1v) is 6.82. The van der Waals surface area contributed by atoms with Crippen molar-refractivity contribution in [2.45, 2.75) is 38.5 Å². The Morgan fingerprint density at radius 1 is 1.33 bits per heavy atom. The third-order valence-corrected chi connectivity index (χ3v) is 4.23. The molecule has 3 heteroatoms. The molecule has 0 unspecified atom stereocenters. The largest absolute Gasteiger partial charge is 0.440 e. The van der Waals surface area contributed by atoms with Gasteiger partial charge in [-0.2, -0.15) is 0 Å². The van der Waals surface area contributed by atoms with Gasteiger partial charge in [-0.25, -0.2) is 4.98 Å². The van der Waals surface area contributed by atoms with E-state index in [1.807, 2.05) is 6.07 Å². The van der Waals surface area contributed by atoms with Gasteiger partial charge in [-0.15, -0.1) is 0 Å². The van der Waals surface area contributed by atoms with Crippen molar-refractivity contribution in [1.82, 2.24) is 10.3 Å². The smallest absolute Gasteiger partial charge is 0.201 e. The van der Waals surface area contributed by atoms with Gasteiger partial charge in [0.2, 0.25) is 5.89 Å². The SMILES string of the molecule is CCC1(c2nc3cc(C)ccc3o2)CCNCC1. The summed E-state index contributed by atoms with van der Waals surface area (Å²) in [7, 11) is 0. The van der Waals surface area contributed by atoms with Crippen LogP contribution in [0.15, 0.2) is 22.6 Å². The molecule has 1 aromatic heterocycles. The Labute approximate surface area is 108 Å². The lowest BCUT2D eigenvalue weighted by Gasteiger charge is -2.33. The summed E-state index contributed by atoms with van der Waals surface area (Å²) in [5.41, 5.74) is 3.29. The van der Waals surface area contributed by atoms with Crippen molar-refractivity contribution in [3.8, 4) is 0 Å². The summed E-state index contributed by atoms with van der Waals surface area (Å²) in [5.74, 6) is 0.937. The molecule has 0 amide bonds. The Morgan fingerprint density at radius 3 is 2.83 bits per heavy atom. The molecule has 1 saturated heterocycles. The molecule has 1 aliphatic rings. The quantitative estimate of drug-likeness (QED) is 0.881. The van der Waals surface area contributed by atoms with Gasteiger partial charge in [0.05, 0.1) is 0 Å². The van der Waals surface area contributed by atoms with Gasteiger partial charge < -0.3 is 9.73 Å². The molecule has 1 fully saturated rings. The normalized spacial score (nSPS) is 19.2. The van der Waals surface area contributed by atoms with E-state index < -0.39 is 0 Å². The molecule has 3 nitrogen and oxygen atoms in total. The predicted molar refractivity (Wildman–Crippen MR) is 72.8 cm³/mol. The van der Waals surface area contributed by atoms with Crippen molar-refractivity contribution in [3.63, 3.8) is 0 Å². The second-order valence-corrected chi connectivity index (χ2v) is 5.37. The van der Waals surface area contributed by atoms with Crippen LogP contribution in [-0.4, -0.2) is 18.1 Å². The number of nitrogens with one attached hydrogen (secondary N) is 1. The van der Waals surface area contributed by atoms with E-state index in [0.717, 1.165) is 49.3 Å². The molecule has 96 valence electrons. The van der Waals surface area contributed by atoms with Crippen LogP contribution < -0.4 is 5.32 Å². The van der Waals surface area contributed by atoms with Crippen LogP contribution in [0.2, 0.25) is 0 Å². The zero-order valence-electron chi connectivity index (χ0n) is 11.1. The summed E-state index contributed by atoms with van der Waals surface area (Å²) >= 11 is 0. The van der Waals surface area contributed by atoms with Gasteiger partial charge in [-0.3, -0.25) is 0 Å². The molecule has 2 heterocycles. The van der Waals surface area contributed by atoms with Crippen LogP contribution in [0.3, 0.4) is 0 Å². The summed E-state index contributed by atoms with van der Waals surface area (Å²) < 4.78 is 6.02. The molecule has 18 heavy (non-hydrogen) atoms. The number of piperidine rings is 1. The number of benzene rings is 1. The average Bonchev–Trinajstić information content (AvgIpc) is 2.83. The zero-order valence-corrected chi connectivity index (χ0v) is 11.1. The summed E-state index contributed by atoms with van der Waals surface area (Å²) in [5, 5.41) is 3.42. The third kappa shape index (κ3) is 1.83. The molecule has 1 aliphatic heterocycles. The van der Waals surface area contributed by atoms with E-state index in [4.69, 9.17) is 9.40 Å². The fraction of sp³-hybridized carbons (Fsp3) is 0.533. The Bertz CT molecular complexity index is 553. The Kier molecular flexibility index (Phi) is 2.86. The van der Waals surface area contributed by atoms with Crippen molar-refractivity contribution in [2.75, 3.05) is 13.1 Å². The molecule has 0 atom stereocenters. The highest BCUT2D eigenvalue weighted by atomic mass is 16.3.